The van der Waals surface area contributed by atoms with Gasteiger partial charge in [-0.25, -0.2) is 8.78 Å². The molecule has 1 atom stereocenters. The summed E-state index contributed by atoms with van der Waals surface area (Å²) in [4.78, 5) is 0. The van der Waals surface area contributed by atoms with Crippen molar-refractivity contribution in [1.82, 2.24) is 0 Å². The van der Waals surface area contributed by atoms with Crippen molar-refractivity contribution in [3.63, 3.8) is 0 Å². The number of nitrogens with two attached hydrogens (primary N) is 1. The highest BCUT2D eigenvalue weighted by Crippen LogP contribution is 2.24. The van der Waals surface area contributed by atoms with Crippen LogP contribution in [0.4, 0.5) is 8.78 Å². The first kappa shape index (κ1) is 9.42. The lowest BCUT2D eigenvalue weighted by molar-refractivity contribution is 0.427. The van der Waals surface area contributed by atoms with Gasteiger partial charge in [-0.05, 0) is 12.1 Å². The topological polar surface area (TPSA) is 26.0 Å². The van der Waals surface area contributed by atoms with Crippen LogP contribution in [0.1, 0.15) is 11.6 Å². The number of hydrogen-bond acceptors (Lipinski definition) is 1. The second-order valence-electron chi connectivity index (χ2n) is 2.40. The minimum atomic E-state index is -0.973. The molecular weight excluding hydrogens is 184 g/mol. The number of benzene rings is 1. The average molecular weight is 192 g/mol. The van der Waals surface area contributed by atoms with E-state index in [2.05, 4.69) is 0 Å². The summed E-state index contributed by atoms with van der Waals surface area (Å²) in [7, 11) is 0. The van der Waals surface area contributed by atoms with Crippen LogP contribution in [-0.4, -0.2) is 6.67 Å². The van der Waals surface area contributed by atoms with Crippen molar-refractivity contribution in [1.29, 1.82) is 0 Å². The second-order valence-corrected chi connectivity index (χ2v) is 2.80. The Balaban J connectivity index is 3.12. The summed E-state index contributed by atoms with van der Waals surface area (Å²) in [5.74, 6) is -0.562. The summed E-state index contributed by atoms with van der Waals surface area (Å²) in [6.07, 6.45) is 0. The Morgan fingerprint density at radius 3 is 2.67 bits per heavy atom. The summed E-state index contributed by atoms with van der Waals surface area (Å²) in [5, 5.41) is 0.167. The number of hydrogen-bond donors (Lipinski definition) is 1. The van der Waals surface area contributed by atoms with Crippen LogP contribution in [0, 0.1) is 5.82 Å². The molecule has 1 aromatic rings. The zero-order valence-electron chi connectivity index (χ0n) is 6.23. The van der Waals surface area contributed by atoms with Crippen molar-refractivity contribution >= 4 is 11.6 Å². The highest BCUT2D eigenvalue weighted by molar-refractivity contribution is 6.31. The molecule has 0 amide bonds. The molecule has 0 heterocycles. The number of rotatable bonds is 2. The van der Waals surface area contributed by atoms with Crippen molar-refractivity contribution in [2.24, 2.45) is 5.73 Å². The lowest BCUT2D eigenvalue weighted by Crippen LogP contribution is -2.14. The zero-order chi connectivity index (χ0) is 9.14. The highest BCUT2D eigenvalue weighted by Gasteiger charge is 2.14. The quantitative estimate of drug-likeness (QED) is 0.764. The number of halogens is 3. The van der Waals surface area contributed by atoms with E-state index in [4.69, 9.17) is 17.3 Å². The van der Waals surface area contributed by atoms with E-state index in [0.717, 1.165) is 0 Å². The van der Waals surface area contributed by atoms with Crippen molar-refractivity contribution in [3.05, 3.63) is 34.6 Å². The van der Waals surface area contributed by atoms with Gasteiger partial charge in [0.1, 0.15) is 12.5 Å². The Morgan fingerprint density at radius 2 is 2.17 bits per heavy atom. The first-order chi connectivity index (χ1) is 5.66. The van der Waals surface area contributed by atoms with Crippen molar-refractivity contribution in [2.45, 2.75) is 6.04 Å². The third-order valence-electron chi connectivity index (χ3n) is 1.54. The monoisotopic (exact) mass is 191 g/mol. The van der Waals surface area contributed by atoms with Gasteiger partial charge < -0.3 is 5.73 Å². The van der Waals surface area contributed by atoms with Crippen LogP contribution in [-0.2, 0) is 0 Å². The molecule has 0 saturated carbocycles. The molecule has 0 aliphatic heterocycles. The molecule has 66 valence electrons. The van der Waals surface area contributed by atoms with E-state index in [1.807, 2.05) is 0 Å². The Kier molecular flexibility index (Phi) is 3.00. The Labute approximate surface area is 74.1 Å². The molecule has 0 aliphatic carbocycles. The maximum Gasteiger partial charge on any atom is 0.129 e. The molecule has 0 fully saturated rings. The number of alkyl halides is 1. The summed E-state index contributed by atoms with van der Waals surface area (Å²) in [5.41, 5.74) is 5.34. The van der Waals surface area contributed by atoms with Crippen molar-refractivity contribution < 1.29 is 8.78 Å². The maximum atomic E-state index is 13.0. The van der Waals surface area contributed by atoms with E-state index in [0.29, 0.717) is 0 Å². The molecule has 1 aromatic carbocycles. The van der Waals surface area contributed by atoms with Gasteiger partial charge in [0.2, 0.25) is 0 Å². The van der Waals surface area contributed by atoms with Crippen LogP contribution in [0.25, 0.3) is 0 Å². The Morgan fingerprint density at radius 1 is 1.50 bits per heavy atom. The van der Waals surface area contributed by atoms with Crippen LogP contribution in [0.2, 0.25) is 5.02 Å². The second kappa shape index (κ2) is 3.83. The third kappa shape index (κ3) is 1.73. The first-order valence-electron chi connectivity index (χ1n) is 3.42. The van der Waals surface area contributed by atoms with Gasteiger partial charge in [-0.3, -0.25) is 0 Å². The standard InChI is InChI=1S/C8H8ClF2N/c9-5-2-1-3-6(11)8(5)7(12)4-10/h1-3,7H,4,12H2. The highest BCUT2D eigenvalue weighted by atomic mass is 35.5. The molecule has 0 radical (unpaired) electrons. The minimum absolute atomic E-state index is 0.0432. The fourth-order valence-electron chi connectivity index (χ4n) is 0.942. The fourth-order valence-corrected chi connectivity index (χ4v) is 1.25. The third-order valence-corrected chi connectivity index (χ3v) is 1.87. The molecule has 0 bridgehead atoms. The van der Waals surface area contributed by atoms with E-state index in [-0.39, 0.29) is 10.6 Å². The molecule has 1 unspecified atom stereocenters. The summed E-state index contributed by atoms with van der Waals surface area (Å²) < 4.78 is 25.0. The summed E-state index contributed by atoms with van der Waals surface area (Å²) >= 11 is 5.62. The van der Waals surface area contributed by atoms with Crippen molar-refractivity contribution in [2.75, 3.05) is 6.67 Å². The van der Waals surface area contributed by atoms with Crippen LogP contribution in [0.15, 0.2) is 18.2 Å². The normalized spacial score (nSPS) is 13.0. The SMILES string of the molecule is NC(CF)c1c(F)cccc1Cl. The van der Waals surface area contributed by atoms with Gasteiger partial charge in [0.05, 0.1) is 6.04 Å². The predicted molar refractivity (Wildman–Crippen MR) is 44.3 cm³/mol. The van der Waals surface area contributed by atoms with Crippen LogP contribution in [0.5, 0.6) is 0 Å². The lowest BCUT2D eigenvalue weighted by atomic mass is 10.1. The van der Waals surface area contributed by atoms with Gasteiger partial charge in [0.25, 0.3) is 0 Å². The average Bonchev–Trinajstić information content (AvgIpc) is 2.03. The molecule has 4 heteroatoms. The predicted octanol–water partition coefficient (Wildman–Crippen LogP) is 2.45. The Hall–Kier alpha value is -0.670. The molecule has 0 spiro atoms. The van der Waals surface area contributed by atoms with Gasteiger partial charge in [0, 0.05) is 10.6 Å². The van der Waals surface area contributed by atoms with Gasteiger partial charge in [0.15, 0.2) is 0 Å². The summed E-state index contributed by atoms with van der Waals surface area (Å²) in [6.45, 7) is -0.819. The van der Waals surface area contributed by atoms with E-state index >= 15 is 0 Å². The lowest BCUT2D eigenvalue weighted by Gasteiger charge is -2.09. The van der Waals surface area contributed by atoms with Gasteiger partial charge in [-0.15, -0.1) is 0 Å². The summed E-state index contributed by atoms with van der Waals surface area (Å²) in [6, 6.07) is 3.16. The zero-order valence-corrected chi connectivity index (χ0v) is 6.98. The molecule has 1 rings (SSSR count). The Bertz CT molecular complexity index is 258. The molecule has 0 saturated heterocycles. The van der Waals surface area contributed by atoms with Crippen molar-refractivity contribution in [3.8, 4) is 0 Å². The van der Waals surface area contributed by atoms with Gasteiger partial charge in [-0.2, -0.15) is 0 Å². The van der Waals surface area contributed by atoms with Gasteiger partial charge in [-0.1, -0.05) is 17.7 Å². The van der Waals surface area contributed by atoms with Crippen LogP contribution < -0.4 is 5.73 Å². The largest absolute Gasteiger partial charge is 0.322 e. The maximum absolute atomic E-state index is 13.0. The molecule has 2 N–H and O–H groups in total. The van der Waals surface area contributed by atoms with E-state index in [1.54, 1.807) is 0 Å². The van der Waals surface area contributed by atoms with E-state index in [1.165, 1.54) is 18.2 Å². The molecule has 0 aliphatic rings. The van der Waals surface area contributed by atoms with Crippen LogP contribution >= 0.6 is 11.6 Å². The van der Waals surface area contributed by atoms with E-state index in [9.17, 15) is 8.78 Å². The molecule has 12 heavy (non-hydrogen) atoms. The fraction of sp³-hybridized carbons (Fsp3) is 0.250. The molecule has 0 aromatic heterocycles. The minimum Gasteiger partial charge on any atom is -0.322 e. The smallest absolute Gasteiger partial charge is 0.129 e. The molecule has 1 nitrogen and oxygen atoms in total. The van der Waals surface area contributed by atoms with Gasteiger partial charge >= 0.3 is 0 Å². The van der Waals surface area contributed by atoms with Crippen LogP contribution in [0.3, 0.4) is 0 Å². The van der Waals surface area contributed by atoms with E-state index < -0.39 is 18.5 Å². The first-order valence-corrected chi connectivity index (χ1v) is 3.80. The molecular formula is C8H8ClF2N.